The molecule has 3 aromatic rings. The van der Waals surface area contributed by atoms with Crippen molar-refractivity contribution in [3.8, 4) is 0 Å². The Morgan fingerprint density at radius 1 is 1.05 bits per heavy atom. The summed E-state index contributed by atoms with van der Waals surface area (Å²) in [4.78, 5) is 0. The molecule has 0 aliphatic heterocycles. The summed E-state index contributed by atoms with van der Waals surface area (Å²) in [5.41, 5.74) is 1.88. The molecule has 0 aliphatic carbocycles. The third-order valence-electron chi connectivity index (χ3n) is 2.88. The first-order valence-electron chi connectivity index (χ1n) is 5.75. The standard InChI is InChI=1S/C15H10ClNO2/c16-12-7-5-10(6-8-12)15(17-18)14-9-11-3-1-2-4-13(11)19-14/h1-9,18H/b17-15-. The fraction of sp³-hybridized carbons (Fsp3) is 0. The summed E-state index contributed by atoms with van der Waals surface area (Å²) in [5.74, 6) is 0.519. The van der Waals surface area contributed by atoms with Gasteiger partial charge in [-0.15, -0.1) is 0 Å². The monoisotopic (exact) mass is 271 g/mol. The number of nitrogens with zero attached hydrogens (tertiary/aromatic N) is 1. The summed E-state index contributed by atoms with van der Waals surface area (Å²) in [6, 6.07) is 16.5. The molecule has 0 unspecified atom stereocenters. The van der Waals surface area contributed by atoms with E-state index in [9.17, 15) is 5.21 Å². The molecule has 4 heteroatoms. The topological polar surface area (TPSA) is 45.7 Å². The van der Waals surface area contributed by atoms with E-state index in [4.69, 9.17) is 16.0 Å². The van der Waals surface area contributed by atoms with E-state index in [1.807, 2.05) is 30.3 Å². The van der Waals surface area contributed by atoms with Crippen molar-refractivity contribution in [2.75, 3.05) is 0 Å². The molecule has 19 heavy (non-hydrogen) atoms. The Hall–Kier alpha value is -2.26. The van der Waals surface area contributed by atoms with Crippen molar-refractivity contribution in [3.63, 3.8) is 0 Å². The average Bonchev–Trinajstić information content (AvgIpc) is 2.85. The number of hydrogen-bond donors (Lipinski definition) is 1. The first kappa shape index (κ1) is 11.8. The highest BCUT2D eigenvalue weighted by Gasteiger charge is 2.13. The van der Waals surface area contributed by atoms with Crippen LogP contribution in [0, 0.1) is 0 Å². The maximum Gasteiger partial charge on any atom is 0.157 e. The zero-order chi connectivity index (χ0) is 13.2. The Labute approximate surface area is 114 Å². The van der Waals surface area contributed by atoms with Crippen LogP contribution in [0.1, 0.15) is 11.3 Å². The van der Waals surface area contributed by atoms with Crippen LogP contribution in [0.3, 0.4) is 0 Å². The van der Waals surface area contributed by atoms with Gasteiger partial charge in [0.2, 0.25) is 0 Å². The fourth-order valence-corrected chi connectivity index (χ4v) is 2.08. The molecule has 0 atom stereocenters. The second kappa shape index (κ2) is 4.78. The van der Waals surface area contributed by atoms with Gasteiger partial charge in [-0.25, -0.2) is 0 Å². The number of rotatable bonds is 2. The highest BCUT2D eigenvalue weighted by atomic mass is 35.5. The van der Waals surface area contributed by atoms with Gasteiger partial charge in [-0.1, -0.05) is 47.1 Å². The van der Waals surface area contributed by atoms with Crippen molar-refractivity contribution in [1.29, 1.82) is 0 Å². The van der Waals surface area contributed by atoms with Crippen molar-refractivity contribution >= 4 is 28.3 Å². The Morgan fingerprint density at radius 2 is 1.79 bits per heavy atom. The van der Waals surface area contributed by atoms with Gasteiger partial charge in [0.25, 0.3) is 0 Å². The third-order valence-corrected chi connectivity index (χ3v) is 3.13. The maximum atomic E-state index is 9.22. The molecular formula is C15H10ClNO2. The van der Waals surface area contributed by atoms with E-state index >= 15 is 0 Å². The zero-order valence-corrected chi connectivity index (χ0v) is 10.6. The molecule has 0 amide bonds. The highest BCUT2D eigenvalue weighted by molar-refractivity contribution is 6.30. The Bertz CT molecular complexity index is 711. The van der Waals surface area contributed by atoms with Crippen LogP contribution in [-0.2, 0) is 0 Å². The number of fused-ring (bicyclic) bond motifs is 1. The number of hydrogen-bond acceptors (Lipinski definition) is 3. The first-order chi connectivity index (χ1) is 9.28. The summed E-state index contributed by atoms with van der Waals surface area (Å²) < 4.78 is 5.68. The molecule has 1 N–H and O–H groups in total. The van der Waals surface area contributed by atoms with Gasteiger partial charge in [0.05, 0.1) is 0 Å². The van der Waals surface area contributed by atoms with Gasteiger partial charge in [-0.05, 0) is 24.3 Å². The summed E-state index contributed by atoms with van der Waals surface area (Å²) in [6.45, 7) is 0. The normalized spacial score (nSPS) is 11.9. The summed E-state index contributed by atoms with van der Waals surface area (Å²) in [5, 5.41) is 14.2. The average molecular weight is 272 g/mol. The van der Waals surface area contributed by atoms with Crippen LogP contribution in [0.5, 0.6) is 0 Å². The predicted molar refractivity (Wildman–Crippen MR) is 75.1 cm³/mol. The van der Waals surface area contributed by atoms with Gasteiger partial charge in [-0.3, -0.25) is 0 Å². The Morgan fingerprint density at radius 3 is 2.47 bits per heavy atom. The van der Waals surface area contributed by atoms with Gasteiger partial charge in [0.1, 0.15) is 5.58 Å². The molecule has 2 aromatic carbocycles. The van der Waals surface area contributed by atoms with Crippen LogP contribution in [0.2, 0.25) is 5.02 Å². The molecule has 0 radical (unpaired) electrons. The molecule has 0 aliphatic rings. The number of halogens is 1. The minimum atomic E-state index is 0.382. The molecule has 3 nitrogen and oxygen atoms in total. The zero-order valence-electron chi connectivity index (χ0n) is 9.88. The van der Waals surface area contributed by atoms with Crippen molar-refractivity contribution in [2.45, 2.75) is 0 Å². The summed E-state index contributed by atoms with van der Waals surface area (Å²) in [6.07, 6.45) is 0. The maximum absolute atomic E-state index is 9.22. The minimum absolute atomic E-state index is 0.382. The van der Waals surface area contributed by atoms with E-state index in [1.165, 1.54) is 0 Å². The lowest BCUT2D eigenvalue weighted by atomic mass is 10.1. The number of benzene rings is 2. The molecule has 94 valence electrons. The van der Waals surface area contributed by atoms with Gasteiger partial charge >= 0.3 is 0 Å². The lowest BCUT2D eigenvalue weighted by Gasteiger charge is -2.01. The molecule has 0 bridgehead atoms. The lowest BCUT2D eigenvalue weighted by molar-refractivity contribution is 0.318. The predicted octanol–water partition coefficient (Wildman–Crippen LogP) is 4.31. The molecular weight excluding hydrogens is 262 g/mol. The van der Waals surface area contributed by atoms with Crippen LogP contribution < -0.4 is 0 Å². The van der Waals surface area contributed by atoms with Crippen LogP contribution >= 0.6 is 11.6 Å². The number of para-hydroxylation sites is 1. The van der Waals surface area contributed by atoms with E-state index in [-0.39, 0.29) is 0 Å². The summed E-state index contributed by atoms with van der Waals surface area (Å²) >= 11 is 5.84. The van der Waals surface area contributed by atoms with Gasteiger partial charge in [0, 0.05) is 16.0 Å². The van der Waals surface area contributed by atoms with Crippen molar-refractivity contribution in [3.05, 3.63) is 70.9 Å². The van der Waals surface area contributed by atoms with Crippen LogP contribution in [0.4, 0.5) is 0 Å². The van der Waals surface area contributed by atoms with Crippen molar-refractivity contribution in [1.82, 2.24) is 0 Å². The van der Waals surface area contributed by atoms with Gasteiger partial charge in [-0.2, -0.15) is 0 Å². The quantitative estimate of drug-likeness (QED) is 0.429. The largest absolute Gasteiger partial charge is 0.454 e. The molecule has 3 rings (SSSR count). The Kier molecular flexibility index (Phi) is 2.97. The smallest absolute Gasteiger partial charge is 0.157 e. The summed E-state index contributed by atoms with van der Waals surface area (Å²) in [7, 11) is 0. The van der Waals surface area contributed by atoms with Crippen LogP contribution in [0.25, 0.3) is 11.0 Å². The van der Waals surface area contributed by atoms with E-state index < -0.39 is 0 Å². The van der Waals surface area contributed by atoms with E-state index in [2.05, 4.69) is 5.16 Å². The number of furan rings is 1. The van der Waals surface area contributed by atoms with E-state index in [1.54, 1.807) is 24.3 Å². The molecule has 0 fully saturated rings. The van der Waals surface area contributed by atoms with Gasteiger partial charge in [0.15, 0.2) is 11.5 Å². The van der Waals surface area contributed by atoms with Crippen molar-refractivity contribution in [2.24, 2.45) is 5.16 Å². The molecule has 1 aromatic heterocycles. The molecule has 0 spiro atoms. The lowest BCUT2D eigenvalue weighted by Crippen LogP contribution is -2.01. The SMILES string of the molecule is O/N=C(/c1ccc(Cl)cc1)c1cc2ccccc2o1. The second-order valence-corrected chi connectivity index (χ2v) is 4.54. The third kappa shape index (κ3) is 2.20. The van der Waals surface area contributed by atoms with Crippen LogP contribution in [-0.4, -0.2) is 10.9 Å². The van der Waals surface area contributed by atoms with Crippen LogP contribution in [0.15, 0.2) is 64.2 Å². The van der Waals surface area contributed by atoms with E-state index in [0.29, 0.717) is 16.5 Å². The highest BCUT2D eigenvalue weighted by Crippen LogP contribution is 2.22. The number of oxime groups is 1. The second-order valence-electron chi connectivity index (χ2n) is 4.10. The Balaban J connectivity index is 2.09. The van der Waals surface area contributed by atoms with E-state index in [0.717, 1.165) is 16.5 Å². The van der Waals surface area contributed by atoms with Gasteiger partial charge < -0.3 is 9.62 Å². The molecule has 0 saturated heterocycles. The molecule has 0 saturated carbocycles. The fourth-order valence-electron chi connectivity index (χ4n) is 1.96. The molecule has 1 heterocycles. The minimum Gasteiger partial charge on any atom is -0.454 e. The first-order valence-corrected chi connectivity index (χ1v) is 6.12. The van der Waals surface area contributed by atoms with Crippen molar-refractivity contribution < 1.29 is 9.62 Å².